The van der Waals surface area contributed by atoms with E-state index in [9.17, 15) is 4.79 Å². The molecule has 1 aliphatic carbocycles. The number of allylic oxidation sites excluding steroid dienone is 1. The molecule has 24 heavy (non-hydrogen) atoms. The SMILES string of the molecule is O=C(NC=C1CCCCC1)N(Cc1ccccc1)c1ccccc1. The second-order valence-electron chi connectivity index (χ2n) is 6.22. The Hall–Kier alpha value is -2.55. The maximum absolute atomic E-state index is 12.8. The molecule has 3 rings (SSSR count). The van der Waals surface area contributed by atoms with E-state index in [2.05, 4.69) is 5.32 Å². The van der Waals surface area contributed by atoms with Crippen LogP contribution in [-0.2, 0) is 6.54 Å². The standard InChI is InChI=1S/C21H24N2O/c24-21(22-16-18-10-4-1-5-11-18)23(20-14-8-3-9-15-20)17-19-12-6-2-7-13-19/h2-3,6-9,12-16H,1,4-5,10-11,17H2,(H,22,24). The van der Waals surface area contributed by atoms with Gasteiger partial charge in [0.25, 0.3) is 0 Å². The summed E-state index contributed by atoms with van der Waals surface area (Å²) < 4.78 is 0. The van der Waals surface area contributed by atoms with Crippen molar-refractivity contribution in [2.45, 2.75) is 38.6 Å². The molecular weight excluding hydrogens is 296 g/mol. The monoisotopic (exact) mass is 320 g/mol. The van der Waals surface area contributed by atoms with Gasteiger partial charge in [-0.2, -0.15) is 0 Å². The number of benzene rings is 2. The molecule has 0 radical (unpaired) electrons. The van der Waals surface area contributed by atoms with Gasteiger partial charge in [-0.1, -0.05) is 60.5 Å². The molecule has 124 valence electrons. The first-order valence-corrected chi connectivity index (χ1v) is 8.68. The van der Waals surface area contributed by atoms with Crippen molar-refractivity contribution in [1.29, 1.82) is 0 Å². The second-order valence-corrected chi connectivity index (χ2v) is 6.22. The zero-order chi connectivity index (χ0) is 16.6. The summed E-state index contributed by atoms with van der Waals surface area (Å²) >= 11 is 0. The summed E-state index contributed by atoms with van der Waals surface area (Å²) in [7, 11) is 0. The van der Waals surface area contributed by atoms with Gasteiger partial charge >= 0.3 is 6.03 Å². The van der Waals surface area contributed by atoms with Crippen molar-refractivity contribution in [1.82, 2.24) is 5.32 Å². The molecule has 1 fully saturated rings. The van der Waals surface area contributed by atoms with Crippen LogP contribution in [0, 0.1) is 0 Å². The fourth-order valence-corrected chi connectivity index (χ4v) is 3.05. The minimum Gasteiger partial charge on any atom is -0.314 e. The van der Waals surface area contributed by atoms with Gasteiger partial charge in [0.2, 0.25) is 0 Å². The van der Waals surface area contributed by atoms with Gasteiger partial charge in [0.05, 0.1) is 6.54 Å². The van der Waals surface area contributed by atoms with Crippen LogP contribution >= 0.6 is 0 Å². The molecule has 1 N–H and O–H groups in total. The summed E-state index contributed by atoms with van der Waals surface area (Å²) in [6, 6.07) is 19.8. The van der Waals surface area contributed by atoms with Gasteiger partial charge in [-0.15, -0.1) is 0 Å². The van der Waals surface area contributed by atoms with E-state index in [0.29, 0.717) is 6.54 Å². The molecule has 1 aliphatic rings. The number of urea groups is 1. The third-order valence-electron chi connectivity index (χ3n) is 4.39. The van der Waals surface area contributed by atoms with E-state index in [1.807, 2.05) is 66.9 Å². The van der Waals surface area contributed by atoms with E-state index >= 15 is 0 Å². The molecule has 2 aromatic rings. The largest absolute Gasteiger partial charge is 0.326 e. The zero-order valence-electron chi connectivity index (χ0n) is 13.9. The quantitative estimate of drug-likeness (QED) is 0.819. The molecule has 0 heterocycles. The molecule has 3 heteroatoms. The summed E-state index contributed by atoms with van der Waals surface area (Å²) in [5.41, 5.74) is 3.37. The van der Waals surface area contributed by atoms with Crippen molar-refractivity contribution >= 4 is 11.7 Å². The normalized spacial score (nSPS) is 14.1. The molecule has 0 unspecified atom stereocenters. The fraction of sp³-hybridized carbons (Fsp3) is 0.286. The maximum Gasteiger partial charge on any atom is 0.326 e. The predicted octanol–water partition coefficient (Wildman–Crippen LogP) is 5.25. The molecule has 3 nitrogen and oxygen atoms in total. The molecule has 2 aromatic carbocycles. The van der Waals surface area contributed by atoms with Crippen molar-refractivity contribution in [2.75, 3.05) is 4.90 Å². The van der Waals surface area contributed by atoms with Gasteiger partial charge in [-0.3, -0.25) is 4.90 Å². The summed E-state index contributed by atoms with van der Waals surface area (Å²) in [4.78, 5) is 14.5. The summed E-state index contributed by atoms with van der Waals surface area (Å²) in [5, 5.41) is 3.00. The molecule has 0 aromatic heterocycles. The number of hydrogen-bond acceptors (Lipinski definition) is 1. The van der Waals surface area contributed by atoms with Crippen LogP contribution in [0.25, 0.3) is 0 Å². The third kappa shape index (κ3) is 4.48. The van der Waals surface area contributed by atoms with Gasteiger partial charge in [-0.05, 0) is 43.4 Å². The number of anilines is 1. The lowest BCUT2D eigenvalue weighted by atomic mass is 9.96. The lowest BCUT2D eigenvalue weighted by Gasteiger charge is -2.23. The van der Waals surface area contributed by atoms with Gasteiger partial charge in [0.1, 0.15) is 0 Å². The van der Waals surface area contributed by atoms with Gasteiger partial charge in [0.15, 0.2) is 0 Å². The van der Waals surface area contributed by atoms with Crippen LogP contribution < -0.4 is 10.2 Å². The van der Waals surface area contributed by atoms with E-state index in [1.54, 1.807) is 4.90 Å². The van der Waals surface area contributed by atoms with Crippen molar-refractivity contribution in [3.63, 3.8) is 0 Å². The first-order chi connectivity index (χ1) is 11.8. The Kier molecular flexibility index (Phi) is 5.67. The first-order valence-electron chi connectivity index (χ1n) is 8.68. The summed E-state index contributed by atoms with van der Waals surface area (Å²) in [6.45, 7) is 0.555. The number of nitrogens with one attached hydrogen (secondary N) is 1. The topological polar surface area (TPSA) is 32.3 Å². The predicted molar refractivity (Wildman–Crippen MR) is 98.8 cm³/mol. The molecule has 0 saturated heterocycles. The van der Waals surface area contributed by atoms with E-state index in [-0.39, 0.29) is 6.03 Å². The van der Waals surface area contributed by atoms with Crippen molar-refractivity contribution < 1.29 is 4.79 Å². The van der Waals surface area contributed by atoms with E-state index in [4.69, 9.17) is 0 Å². The lowest BCUT2D eigenvalue weighted by molar-refractivity contribution is 0.249. The maximum atomic E-state index is 12.8. The number of rotatable bonds is 4. The number of hydrogen-bond donors (Lipinski definition) is 1. The molecule has 1 saturated carbocycles. The van der Waals surface area contributed by atoms with Gasteiger partial charge in [-0.25, -0.2) is 4.79 Å². The Morgan fingerprint density at radius 2 is 1.54 bits per heavy atom. The number of carbonyl (C=O) groups is 1. The highest BCUT2D eigenvalue weighted by Crippen LogP contribution is 2.22. The molecular formula is C21H24N2O. The van der Waals surface area contributed by atoms with Crippen LogP contribution in [0.15, 0.2) is 72.4 Å². The van der Waals surface area contributed by atoms with Crippen LogP contribution in [0.2, 0.25) is 0 Å². The molecule has 0 bridgehead atoms. The number of carbonyl (C=O) groups excluding carboxylic acids is 1. The highest BCUT2D eigenvalue weighted by atomic mass is 16.2. The van der Waals surface area contributed by atoms with Crippen LogP contribution in [-0.4, -0.2) is 6.03 Å². The van der Waals surface area contributed by atoms with Gasteiger partial charge < -0.3 is 5.32 Å². The van der Waals surface area contributed by atoms with Crippen molar-refractivity contribution in [2.24, 2.45) is 0 Å². The Balaban J connectivity index is 1.74. The second kappa shape index (κ2) is 8.34. The average Bonchev–Trinajstić information content (AvgIpc) is 2.66. The smallest absolute Gasteiger partial charge is 0.314 e. The highest BCUT2D eigenvalue weighted by Gasteiger charge is 2.15. The first kappa shape index (κ1) is 16.3. The third-order valence-corrected chi connectivity index (χ3v) is 4.39. The van der Waals surface area contributed by atoms with Crippen LogP contribution in [0.5, 0.6) is 0 Å². The van der Waals surface area contributed by atoms with Crippen molar-refractivity contribution in [3.8, 4) is 0 Å². The lowest BCUT2D eigenvalue weighted by Crippen LogP contribution is -2.37. The van der Waals surface area contributed by atoms with E-state index in [1.165, 1.54) is 24.8 Å². The zero-order valence-corrected chi connectivity index (χ0v) is 13.9. The van der Waals surface area contributed by atoms with E-state index < -0.39 is 0 Å². The van der Waals surface area contributed by atoms with E-state index in [0.717, 1.165) is 24.1 Å². The number of amides is 2. The Morgan fingerprint density at radius 1 is 0.917 bits per heavy atom. The summed E-state index contributed by atoms with van der Waals surface area (Å²) in [5.74, 6) is 0. The average molecular weight is 320 g/mol. The molecule has 0 atom stereocenters. The minimum atomic E-state index is -0.0804. The summed E-state index contributed by atoms with van der Waals surface area (Å²) in [6.07, 6.45) is 7.88. The Bertz CT molecular complexity index is 671. The van der Waals surface area contributed by atoms with Crippen LogP contribution in [0.3, 0.4) is 0 Å². The molecule has 0 aliphatic heterocycles. The Labute approximate surface area is 144 Å². The molecule has 0 spiro atoms. The fourth-order valence-electron chi connectivity index (χ4n) is 3.05. The molecule has 2 amide bonds. The Morgan fingerprint density at radius 3 is 2.21 bits per heavy atom. The number of para-hydroxylation sites is 1. The van der Waals surface area contributed by atoms with Gasteiger partial charge in [0, 0.05) is 11.9 Å². The van der Waals surface area contributed by atoms with Crippen LogP contribution in [0.4, 0.5) is 10.5 Å². The van der Waals surface area contributed by atoms with Crippen molar-refractivity contribution in [3.05, 3.63) is 78.0 Å². The minimum absolute atomic E-state index is 0.0804. The van der Waals surface area contributed by atoms with Crippen LogP contribution in [0.1, 0.15) is 37.7 Å². The highest BCUT2D eigenvalue weighted by molar-refractivity contribution is 5.92. The number of nitrogens with zero attached hydrogens (tertiary/aromatic N) is 1.